The number of nitrogens with zero attached hydrogens (tertiary/aromatic N) is 1. The first kappa shape index (κ1) is 23.3. The first-order chi connectivity index (χ1) is 15.3. The van der Waals surface area contributed by atoms with Crippen LogP contribution in [0, 0.1) is 13.8 Å². The number of aryl methyl sites for hydroxylation is 2. The number of rotatable bonds is 9. The van der Waals surface area contributed by atoms with Crippen LogP contribution in [0.25, 0.3) is 5.57 Å². The van der Waals surface area contributed by atoms with Crippen molar-refractivity contribution in [3.63, 3.8) is 0 Å². The minimum atomic E-state index is -0.395. The Morgan fingerprint density at radius 3 is 2.31 bits per heavy atom. The van der Waals surface area contributed by atoms with Crippen molar-refractivity contribution in [2.24, 2.45) is 0 Å². The maximum atomic E-state index is 13.3. The molecule has 0 unspecified atom stereocenters. The third-order valence-electron chi connectivity index (χ3n) is 5.40. The molecule has 1 heterocycles. The van der Waals surface area contributed by atoms with E-state index in [1.165, 1.54) is 12.0 Å². The molecule has 0 saturated heterocycles. The lowest BCUT2D eigenvalue weighted by Gasteiger charge is -2.17. The SMILES string of the molecule is COc1ccc(NC2=C(c3ccc(C)c(C)c3)C(=O)N(CCOC(C)C)C2=O)c(OC)c1. The summed E-state index contributed by atoms with van der Waals surface area (Å²) in [4.78, 5) is 27.9. The average Bonchev–Trinajstić information content (AvgIpc) is 3.00. The fourth-order valence-corrected chi connectivity index (χ4v) is 3.48. The Morgan fingerprint density at radius 1 is 0.938 bits per heavy atom. The summed E-state index contributed by atoms with van der Waals surface area (Å²) in [5.41, 5.74) is 3.95. The maximum Gasteiger partial charge on any atom is 0.278 e. The zero-order valence-electron chi connectivity index (χ0n) is 19.4. The zero-order chi connectivity index (χ0) is 23.4. The van der Waals surface area contributed by atoms with Gasteiger partial charge in [-0.25, -0.2) is 0 Å². The highest BCUT2D eigenvalue weighted by molar-refractivity contribution is 6.36. The van der Waals surface area contributed by atoms with E-state index in [0.717, 1.165) is 11.1 Å². The average molecular weight is 439 g/mol. The standard InChI is InChI=1S/C25H30N2O5/c1-15(2)32-12-11-27-24(28)22(18-8-7-16(3)17(4)13-18)23(25(27)29)26-20-10-9-19(30-5)14-21(20)31-6/h7-10,13-15,26H,11-12H2,1-6H3. The van der Waals surface area contributed by atoms with E-state index in [1.54, 1.807) is 25.3 Å². The summed E-state index contributed by atoms with van der Waals surface area (Å²) in [5, 5.41) is 3.15. The molecule has 2 aromatic rings. The normalized spacial score (nSPS) is 13.9. The van der Waals surface area contributed by atoms with Crippen molar-refractivity contribution in [3.8, 4) is 11.5 Å². The van der Waals surface area contributed by atoms with Crippen molar-refractivity contribution in [3.05, 3.63) is 58.8 Å². The number of anilines is 1. The monoisotopic (exact) mass is 438 g/mol. The van der Waals surface area contributed by atoms with E-state index in [-0.39, 0.29) is 30.9 Å². The van der Waals surface area contributed by atoms with Gasteiger partial charge in [0.2, 0.25) is 0 Å². The van der Waals surface area contributed by atoms with E-state index in [2.05, 4.69) is 5.32 Å². The molecule has 1 aliphatic rings. The fourth-order valence-electron chi connectivity index (χ4n) is 3.48. The van der Waals surface area contributed by atoms with Gasteiger partial charge in [0.15, 0.2) is 0 Å². The molecule has 170 valence electrons. The van der Waals surface area contributed by atoms with Gasteiger partial charge in [0.05, 0.1) is 44.7 Å². The second kappa shape index (κ2) is 9.87. The fraction of sp³-hybridized carbons (Fsp3) is 0.360. The summed E-state index contributed by atoms with van der Waals surface area (Å²) in [5.74, 6) is 0.379. The number of hydrogen-bond acceptors (Lipinski definition) is 6. The lowest BCUT2D eigenvalue weighted by atomic mass is 9.99. The molecule has 1 aliphatic heterocycles. The van der Waals surface area contributed by atoms with Gasteiger partial charge in [0.25, 0.3) is 11.8 Å². The van der Waals surface area contributed by atoms with Crippen LogP contribution in [0.2, 0.25) is 0 Å². The Kier molecular flexibility index (Phi) is 7.20. The summed E-state index contributed by atoms with van der Waals surface area (Å²) in [7, 11) is 3.11. The first-order valence-electron chi connectivity index (χ1n) is 10.6. The topological polar surface area (TPSA) is 77.1 Å². The molecule has 0 atom stereocenters. The maximum absolute atomic E-state index is 13.3. The van der Waals surface area contributed by atoms with E-state index in [0.29, 0.717) is 28.3 Å². The van der Waals surface area contributed by atoms with E-state index in [4.69, 9.17) is 14.2 Å². The molecule has 0 saturated carbocycles. The molecule has 32 heavy (non-hydrogen) atoms. The van der Waals surface area contributed by atoms with Crippen LogP contribution in [0.3, 0.4) is 0 Å². The number of methoxy groups -OCH3 is 2. The van der Waals surface area contributed by atoms with Gasteiger partial charge in [-0.05, 0) is 56.5 Å². The highest BCUT2D eigenvalue weighted by Crippen LogP contribution is 2.35. The number of carbonyl (C=O) groups is 2. The predicted octanol–water partition coefficient (Wildman–Crippen LogP) is 3.94. The number of imide groups is 1. The Morgan fingerprint density at radius 2 is 1.69 bits per heavy atom. The molecule has 0 aliphatic carbocycles. The van der Waals surface area contributed by atoms with Crippen LogP contribution in [0.15, 0.2) is 42.1 Å². The third-order valence-corrected chi connectivity index (χ3v) is 5.40. The molecule has 0 radical (unpaired) electrons. The van der Waals surface area contributed by atoms with Crippen LogP contribution in [0.1, 0.15) is 30.5 Å². The van der Waals surface area contributed by atoms with Crippen molar-refractivity contribution >= 4 is 23.1 Å². The summed E-state index contributed by atoms with van der Waals surface area (Å²) in [6, 6.07) is 11.0. The van der Waals surface area contributed by atoms with E-state index in [9.17, 15) is 9.59 Å². The van der Waals surface area contributed by atoms with E-state index < -0.39 is 5.91 Å². The number of benzene rings is 2. The van der Waals surface area contributed by atoms with Gasteiger partial charge in [-0.15, -0.1) is 0 Å². The Hall–Kier alpha value is -3.32. The second-order valence-electron chi connectivity index (χ2n) is 7.92. The van der Waals surface area contributed by atoms with Crippen molar-refractivity contribution in [2.45, 2.75) is 33.8 Å². The summed E-state index contributed by atoms with van der Waals surface area (Å²) in [6.07, 6.45) is 0.0103. The van der Waals surface area contributed by atoms with Crippen LogP contribution in [-0.2, 0) is 14.3 Å². The van der Waals surface area contributed by atoms with Crippen LogP contribution in [0.4, 0.5) is 5.69 Å². The molecular formula is C25H30N2O5. The van der Waals surface area contributed by atoms with Gasteiger partial charge >= 0.3 is 0 Å². The summed E-state index contributed by atoms with van der Waals surface area (Å²) < 4.78 is 16.3. The van der Waals surface area contributed by atoms with E-state index in [1.807, 2.05) is 45.9 Å². The summed E-state index contributed by atoms with van der Waals surface area (Å²) in [6.45, 7) is 8.26. The number of carbonyl (C=O) groups excluding carboxylic acids is 2. The van der Waals surface area contributed by atoms with Gasteiger partial charge in [-0.1, -0.05) is 18.2 Å². The van der Waals surface area contributed by atoms with Crippen molar-refractivity contribution < 1.29 is 23.8 Å². The molecule has 0 fully saturated rings. The highest BCUT2D eigenvalue weighted by atomic mass is 16.5. The molecule has 3 rings (SSSR count). The smallest absolute Gasteiger partial charge is 0.278 e. The molecule has 0 aromatic heterocycles. The minimum Gasteiger partial charge on any atom is -0.497 e. The molecular weight excluding hydrogens is 408 g/mol. The van der Waals surface area contributed by atoms with Gasteiger partial charge in [-0.3, -0.25) is 14.5 Å². The molecule has 2 amide bonds. The minimum absolute atomic E-state index is 0.0103. The molecule has 0 spiro atoms. The van der Waals surface area contributed by atoms with Crippen LogP contribution in [0.5, 0.6) is 11.5 Å². The Balaban J connectivity index is 2.04. The molecule has 0 bridgehead atoms. The lowest BCUT2D eigenvalue weighted by Crippen LogP contribution is -2.35. The largest absolute Gasteiger partial charge is 0.497 e. The molecule has 2 aromatic carbocycles. The molecule has 1 N–H and O–H groups in total. The number of amides is 2. The van der Waals surface area contributed by atoms with Gasteiger partial charge in [0, 0.05) is 6.07 Å². The lowest BCUT2D eigenvalue weighted by molar-refractivity contribution is -0.137. The van der Waals surface area contributed by atoms with Crippen LogP contribution in [-0.4, -0.2) is 50.2 Å². The summed E-state index contributed by atoms with van der Waals surface area (Å²) >= 11 is 0. The Bertz CT molecular complexity index is 1060. The number of nitrogens with one attached hydrogen (secondary N) is 1. The van der Waals surface area contributed by atoms with Gasteiger partial charge < -0.3 is 19.5 Å². The van der Waals surface area contributed by atoms with Gasteiger partial charge in [-0.2, -0.15) is 0 Å². The first-order valence-corrected chi connectivity index (χ1v) is 10.6. The number of hydrogen-bond donors (Lipinski definition) is 1. The second-order valence-corrected chi connectivity index (χ2v) is 7.92. The van der Waals surface area contributed by atoms with Crippen molar-refractivity contribution in [1.29, 1.82) is 0 Å². The zero-order valence-corrected chi connectivity index (χ0v) is 19.4. The highest BCUT2D eigenvalue weighted by Gasteiger charge is 2.39. The van der Waals surface area contributed by atoms with Crippen LogP contribution < -0.4 is 14.8 Å². The Labute approximate surface area is 189 Å². The van der Waals surface area contributed by atoms with Crippen molar-refractivity contribution in [2.75, 3.05) is 32.7 Å². The predicted molar refractivity (Wildman–Crippen MR) is 124 cm³/mol. The van der Waals surface area contributed by atoms with Gasteiger partial charge in [0.1, 0.15) is 17.2 Å². The van der Waals surface area contributed by atoms with E-state index >= 15 is 0 Å². The van der Waals surface area contributed by atoms with Crippen molar-refractivity contribution in [1.82, 2.24) is 4.90 Å². The third kappa shape index (κ3) is 4.78. The number of ether oxygens (including phenoxy) is 3. The van der Waals surface area contributed by atoms with Crippen LogP contribution >= 0.6 is 0 Å². The quantitative estimate of drug-likeness (QED) is 0.598. The molecule has 7 nitrogen and oxygen atoms in total. The molecule has 7 heteroatoms.